The van der Waals surface area contributed by atoms with Crippen molar-refractivity contribution in [3.05, 3.63) is 95.0 Å². The average Bonchev–Trinajstić information content (AvgIpc) is 4.07. The van der Waals surface area contributed by atoms with Crippen LogP contribution in [0.15, 0.2) is 76.8 Å². The number of H-pyrrole nitrogens is 1. The number of nitrogens with zero attached hydrogens (tertiary/aromatic N) is 7. The van der Waals surface area contributed by atoms with E-state index in [4.69, 9.17) is 4.52 Å². The van der Waals surface area contributed by atoms with Crippen LogP contribution in [0.5, 0.6) is 5.75 Å². The first kappa shape index (κ1) is 42.2. The predicted octanol–water partition coefficient (Wildman–Crippen LogP) is 6.35. The molecule has 63 heavy (non-hydrogen) atoms. The number of carbonyl (C=O) groups excluding carboxylic acids is 3. The van der Waals surface area contributed by atoms with Crippen molar-refractivity contribution >= 4 is 45.9 Å². The number of β-amino-alcohol motifs (C(OH)–C–C–N with tert-alkyl or cyclic N) is 1. The Morgan fingerprint density at radius 3 is 2.43 bits per heavy atom. The van der Waals surface area contributed by atoms with Gasteiger partial charge in [-0.25, -0.2) is 4.98 Å². The van der Waals surface area contributed by atoms with Gasteiger partial charge in [0, 0.05) is 73.7 Å². The molecule has 6 aromatic rings. The third kappa shape index (κ3) is 8.29. The number of aryl methyl sites for hydroxylation is 1. The van der Waals surface area contributed by atoms with Gasteiger partial charge in [-0.1, -0.05) is 55.4 Å². The van der Waals surface area contributed by atoms with Crippen LogP contribution in [-0.2, 0) is 19.9 Å². The van der Waals surface area contributed by atoms with Crippen LogP contribution in [-0.4, -0.2) is 108 Å². The molecule has 0 spiro atoms. The zero-order valence-corrected chi connectivity index (χ0v) is 36.9. The molecule has 0 aliphatic carbocycles. The topological polar surface area (TPSA) is 194 Å². The summed E-state index contributed by atoms with van der Waals surface area (Å²) in [5.74, 6) is -0.122. The zero-order chi connectivity index (χ0) is 44.2. The van der Waals surface area contributed by atoms with Crippen LogP contribution in [0.25, 0.3) is 32.7 Å². The van der Waals surface area contributed by atoms with Gasteiger partial charge in [-0.15, -0.1) is 21.5 Å². The van der Waals surface area contributed by atoms with Crippen LogP contribution >= 0.6 is 11.3 Å². The normalized spacial score (nSPS) is 19.2. The number of amides is 3. The van der Waals surface area contributed by atoms with E-state index in [1.165, 1.54) is 4.90 Å². The smallest absolute Gasteiger partial charge is 0.243 e. The number of benzene rings is 2. The van der Waals surface area contributed by atoms with Crippen molar-refractivity contribution in [2.45, 2.75) is 83.4 Å². The highest BCUT2D eigenvalue weighted by Gasteiger charge is 2.45. The monoisotopic (exact) mass is 871 g/mol. The second-order valence-electron chi connectivity index (χ2n) is 18.1. The molecular weight excluding hydrogens is 819 g/mol. The van der Waals surface area contributed by atoms with E-state index in [1.807, 2.05) is 93.6 Å². The summed E-state index contributed by atoms with van der Waals surface area (Å²) in [7, 11) is 0. The molecule has 9 rings (SSSR count). The fraction of sp³-hybridized carbons (Fsp3) is 0.426. The molecule has 0 radical (unpaired) electrons. The van der Waals surface area contributed by atoms with E-state index in [0.29, 0.717) is 67.5 Å². The lowest BCUT2D eigenvalue weighted by molar-refractivity contribution is -0.141. The molecule has 3 aliphatic rings. The molecule has 3 saturated heterocycles. The van der Waals surface area contributed by atoms with Gasteiger partial charge in [0.05, 0.1) is 33.4 Å². The lowest BCUT2D eigenvalue weighted by atomic mass is 9.90. The van der Waals surface area contributed by atoms with Crippen LogP contribution in [0.3, 0.4) is 0 Å². The van der Waals surface area contributed by atoms with Gasteiger partial charge in [-0.05, 0) is 74.9 Å². The van der Waals surface area contributed by atoms with Crippen molar-refractivity contribution in [3.63, 3.8) is 0 Å². The minimum Gasteiger partial charge on any atom is -0.507 e. The molecule has 0 unspecified atom stereocenters. The summed E-state index contributed by atoms with van der Waals surface area (Å²) in [5, 5.41) is 38.2. The summed E-state index contributed by atoms with van der Waals surface area (Å²) < 4.78 is 5.87. The number of anilines is 1. The highest BCUT2D eigenvalue weighted by Crippen LogP contribution is 2.37. The van der Waals surface area contributed by atoms with E-state index in [1.54, 1.807) is 23.5 Å². The van der Waals surface area contributed by atoms with Crippen molar-refractivity contribution in [2.24, 2.45) is 11.8 Å². The van der Waals surface area contributed by atoms with Gasteiger partial charge in [0.2, 0.25) is 17.7 Å². The molecule has 4 N–H and O–H groups in total. The Bertz CT molecular complexity index is 2640. The molecule has 0 saturated carbocycles. The largest absolute Gasteiger partial charge is 0.507 e. The van der Waals surface area contributed by atoms with Crippen LogP contribution in [0, 0.1) is 18.8 Å². The fourth-order valence-corrected chi connectivity index (χ4v) is 10.2. The van der Waals surface area contributed by atoms with Crippen LogP contribution in [0.4, 0.5) is 5.82 Å². The Labute approximate surface area is 369 Å². The highest BCUT2D eigenvalue weighted by atomic mass is 32.1. The van der Waals surface area contributed by atoms with Crippen molar-refractivity contribution in [1.82, 2.24) is 40.4 Å². The lowest BCUT2D eigenvalue weighted by Crippen LogP contribution is -2.52. The van der Waals surface area contributed by atoms with Gasteiger partial charge in [-0.3, -0.25) is 14.4 Å². The first-order valence-electron chi connectivity index (χ1n) is 21.7. The van der Waals surface area contributed by atoms with Crippen molar-refractivity contribution in [2.75, 3.05) is 37.6 Å². The molecule has 15 nitrogen and oxygen atoms in total. The second kappa shape index (κ2) is 16.9. The summed E-state index contributed by atoms with van der Waals surface area (Å²) in [6.07, 6.45) is 0.630. The quantitative estimate of drug-likeness (QED) is 0.113. The van der Waals surface area contributed by atoms with Crippen molar-refractivity contribution in [3.8, 4) is 27.4 Å². The van der Waals surface area contributed by atoms with E-state index in [0.717, 1.165) is 32.8 Å². The molecule has 3 aliphatic heterocycles. The highest BCUT2D eigenvalue weighted by molar-refractivity contribution is 7.13. The molecule has 0 bridgehead atoms. The predicted molar refractivity (Wildman–Crippen MR) is 239 cm³/mol. The van der Waals surface area contributed by atoms with E-state index in [2.05, 4.69) is 41.6 Å². The van der Waals surface area contributed by atoms with E-state index >= 15 is 0 Å². The average molecular weight is 872 g/mol. The summed E-state index contributed by atoms with van der Waals surface area (Å²) >= 11 is 1.59. The maximum Gasteiger partial charge on any atom is 0.243 e. The Morgan fingerprint density at radius 1 is 0.984 bits per heavy atom. The number of aromatic amines is 1. The number of aromatic hydroxyl groups is 1. The van der Waals surface area contributed by atoms with Crippen molar-refractivity contribution in [1.29, 1.82) is 0 Å². The minimum atomic E-state index is -0.853. The number of hydrogen-bond acceptors (Lipinski definition) is 12. The Morgan fingerprint density at radius 2 is 1.73 bits per heavy atom. The number of aromatic nitrogens is 5. The Balaban J connectivity index is 0.793. The number of fused-ring (bicyclic) bond motifs is 1. The Hall–Kier alpha value is -6.13. The third-order valence-electron chi connectivity index (χ3n) is 13.0. The fourth-order valence-electron chi connectivity index (χ4n) is 9.34. The van der Waals surface area contributed by atoms with Gasteiger partial charge in [0.15, 0.2) is 17.2 Å². The summed E-state index contributed by atoms with van der Waals surface area (Å²) in [5.41, 5.74) is 6.92. The molecule has 3 fully saturated rings. The molecule has 16 heteroatoms. The van der Waals surface area contributed by atoms with Crippen LogP contribution in [0.1, 0.15) is 81.5 Å². The van der Waals surface area contributed by atoms with E-state index in [-0.39, 0.29) is 54.2 Å². The number of phenolic OH excluding ortho intramolecular Hbond substituents is 1. The summed E-state index contributed by atoms with van der Waals surface area (Å²) in [6, 6.07) is 20.0. The number of para-hydroxylation sites is 1. The molecular formula is C47H53N9O6S. The first-order valence-corrected chi connectivity index (χ1v) is 22.6. The summed E-state index contributed by atoms with van der Waals surface area (Å²) in [4.78, 5) is 56.3. The standard InChI is InChI=1S/C47H53N9O6S/c1-26(2)41(46(61)56-24-33(57)20-37(56)44(59)50-47(4,5)32-12-10-28(11-13-32)42-27(3)48-25-63-42)39-21-40(53-62-39)54-16-14-29(15-17-54)45(60)55-22-31(23-55)35-18-30-19-36(51-52-43(30)49-35)34-8-6-7-9-38(34)58/h6-13,18-19,21,25-26,29,31,33,37,41,57-58H,14-17,20,22-24H2,1-5H3,(H,49,52)(H,50,59)/t33-,37+,41-/m1/s1. The minimum absolute atomic E-state index is 0.0436. The number of aliphatic hydroxyl groups is 1. The number of piperidine rings is 1. The van der Waals surface area contributed by atoms with E-state index in [9.17, 15) is 24.6 Å². The maximum absolute atomic E-state index is 14.4. The van der Waals surface area contributed by atoms with Gasteiger partial charge in [0.25, 0.3) is 0 Å². The Kier molecular flexibility index (Phi) is 11.3. The number of likely N-dealkylation sites (tertiary alicyclic amines) is 2. The van der Waals surface area contributed by atoms with Crippen LogP contribution in [0.2, 0.25) is 0 Å². The first-order chi connectivity index (χ1) is 30.2. The number of rotatable bonds is 11. The van der Waals surface area contributed by atoms with Gasteiger partial charge >= 0.3 is 0 Å². The molecule has 3 atom stereocenters. The number of carbonyl (C=O) groups is 3. The number of aliphatic hydroxyl groups excluding tert-OH is 1. The number of hydrogen-bond donors (Lipinski definition) is 4. The van der Waals surface area contributed by atoms with Gasteiger partial charge in [0.1, 0.15) is 17.7 Å². The second-order valence-corrected chi connectivity index (χ2v) is 19.0. The lowest BCUT2D eigenvalue weighted by Gasteiger charge is -2.42. The van der Waals surface area contributed by atoms with Crippen LogP contribution < -0.4 is 10.2 Å². The molecule has 7 heterocycles. The SMILES string of the molecule is Cc1ncsc1-c1ccc(C(C)(C)NC(=O)[C@@H]2C[C@@H](O)CN2C(=O)[C@@H](c2cc(N3CCC(C(=O)N4CC(c5cc6cc(-c7ccccc7O)nnc6[nH]5)C4)CC3)no2)C(C)C)cc1. The maximum atomic E-state index is 14.4. The number of nitrogens with one attached hydrogen (secondary N) is 2. The number of phenols is 1. The molecule has 4 aromatic heterocycles. The molecule has 3 amide bonds. The zero-order valence-electron chi connectivity index (χ0n) is 36.1. The molecule has 328 valence electrons. The van der Waals surface area contributed by atoms with Gasteiger partial charge in [-0.2, -0.15) is 0 Å². The van der Waals surface area contributed by atoms with E-state index < -0.39 is 23.6 Å². The molecule has 2 aromatic carbocycles. The number of thiazole rings is 1. The van der Waals surface area contributed by atoms with Gasteiger partial charge < -0.3 is 39.7 Å². The summed E-state index contributed by atoms with van der Waals surface area (Å²) in [6.45, 7) is 12.2. The third-order valence-corrected chi connectivity index (χ3v) is 14.0. The van der Waals surface area contributed by atoms with Crippen molar-refractivity contribution < 1.29 is 29.1 Å².